The van der Waals surface area contributed by atoms with Crippen molar-refractivity contribution in [3.63, 3.8) is 0 Å². The highest BCUT2D eigenvalue weighted by molar-refractivity contribution is 5.99. The Bertz CT molecular complexity index is 1210. The van der Waals surface area contributed by atoms with Crippen LogP contribution in [0.3, 0.4) is 0 Å². The summed E-state index contributed by atoms with van der Waals surface area (Å²) < 4.78 is 5.55. The summed E-state index contributed by atoms with van der Waals surface area (Å²) in [6.45, 7) is 0. The fourth-order valence-electron chi connectivity index (χ4n) is 3.62. The molecule has 0 atom stereocenters. The molecular formula is C24H22N4O. The van der Waals surface area contributed by atoms with Gasteiger partial charge in [0.2, 0.25) is 0 Å². The van der Waals surface area contributed by atoms with Gasteiger partial charge in [-0.1, -0.05) is 36.4 Å². The molecule has 2 aromatic carbocycles. The molecule has 4 aromatic rings. The van der Waals surface area contributed by atoms with Crippen LogP contribution in [0.5, 0.6) is 5.75 Å². The first-order valence-electron chi connectivity index (χ1n) is 9.79. The van der Waals surface area contributed by atoms with Crippen LogP contribution in [0.15, 0.2) is 67.0 Å². The summed E-state index contributed by atoms with van der Waals surface area (Å²) in [5.41, 5.74) is 5.90. The fraction of sp³-hybridized carbons (Fsp3) is 0.167. The van der Waals surface area contributed by atoms with Crippen LogP contribution in [0.2, 0.25) is 0 Å². The minimum Gasteiger partial charge on any atom is -0.496 e. The summed E-state index contributed by atoms with van der Waals surface area (Å²) in [4.78, 5) is 7.89. The van der Waals surface area contributed by atoms with Gasteiger partial charge < -0.3 is 15.0 Å². The molecule has 5 nitrogen and oxygen atoms in total. The third-order valence-corrected chi connectivity index (χ3v) is 5.34. The average Bonchev–Trinajstić information content (AvgIpc) is 3.49. The number of pyridine rings is 1. The van der Waals surface area contributed by atoms with Crippen molar-refractivity contribution in [1.29, 1.82) is 5.41 Å². The Morgan fingerprint density at radius 1 is 1.07 bits per heavy atom. The summed E-state index contributed by atoms with van der Waals surface area (Å²) in [5, 5.41) is 12.6. The molecule has 0 saturated heterocycles. The molecule has 1 aliphatic rings. The molecule has 1 fully saturated rings. The SMILES string of the molecule is COc1ccccc1-c1c[nH]c2ncc(-c3cccc(C(=N)NC4CC4)c3)cc12. The van der Waals surface area contributed by atoms with Gasteiger partial charge in [0.05, 0.1) is 7.11 Å². The van der Waals surface area contributed by atoms with Crippen molar-refractivity contribution in [1.82, 2.24) is 15.3 Å². The second kappa shape index (κ2) is 7.09. The number of ether oxygens (including phenoxy) is 1. The number of fused-ring (bicyclic) bond motifs is 1. The molecule has 0 amide bonds. The first-order chi connectivity index (χ1) is 14.2. The second-order valence-corrected chi connectivity index (χ2v) is 7.40. The van der Waals surface area contributed by atoms with Crippen molar-refractivity contribution in [3.05, 3.63) is 72.6 Å². The lowest BCUT2D eigenvalue weighted by Gasteiger charge is -2.10. The molecule has 2 aromatic heterocycles. The number of benzene rings is 2. The van der Waals surface area contributed by atoms with Gasteiger partial charge in [0.25, 0.3) is 0 Å². The predicted octanol–water partition coefficient (Wildman–Crippen LogP) is 4.98. The highest BCUT2D eigenvalue weighted by atomic mass is 16.5. The Hall–Kier alpha value is -3.60. The van der Waals surface area contributed by atoms with Crippen LogP contribution in [0.4, 0.5) is 0 Å². The zero-order valence-electron chi connectivity index (χ0n) is 16.2. The van der Waals surface area contributed by atoms with E-state index in [4.69, 9.17) is 10.1 Å². The minimum atomic E-state index is 0.465. The zero-order chi connectivity index (χ0) is 19.8. The first kappa shape index (κ1) is 17.5. The highest BCUT2D eigenvalue weighted by Crippen LogP contribution is 2.36. The van der Waals surface area contributed by atoms with E-state index in [1.54, 1.807) is 7.11 Å². The van der Waals surface area contributed by atoms with Gasteiger partial charge in [0.15, 0.2) is 0 Å². The molecule has 5 rings (SSSR count). The molecule has 5 heteroatoms. The maximum Gasteiger partial charge on any atom is 0.137 e. The van der Waals surface area contributed by atoms with Crippen molar-refractivity contribution >= 4 is 16.9 Å². The van der Waals surface area contributed by atoms with Gasteiger partial charge in [0.1, 0.15) is 17.2 Å². The van der Waals surface area contributed by atoms with E-state index in [-0.39, 0.29) is 0 Å². The van der Waals surface area contributed by atoms with E-state index in [0.29, 0.717) is 11.9 Å². The van der Waals surface area contributed by atoms with Crippen molar-refractivity contribution < 1.29 is 4.74 Å². The van der Waals surface area contributed by atoms with Crippen molar-refractivity contribution in [2.75, 3.05) is 7.11 Å². The first-order valence-corrected chi connectivity index (χ1v) is 9.79. The lowest BCUT2D eigenvalue weighted by molar-refractivity contribution is 0.416. The van der Waals surface area contributed by atoms with Crippen LogP contribution in [0.1, 0.15) is 18.4 Å². The number of H-pyrrole nitrogens is 1. The lowest BCUT2D eigenvalue weighted by atomic mass is 10.0. The van der Waals surface area contributed by atoms with E-state index in [0.717, 1.165) is 57.4 Å². The number of aromatic nitrogens is 2. The van der Waals surface area contributed by atoms with E-state index in [9.17, 15) is 0 Å². The van der Waals surface area contributed by atoms with E-state index in [2.05, 4.69) is 39.6 Å². The Labute approximate surface area is 169 Å². The van der Waals surface area contributed by atoms with Crippen molar-refractivity contribution in [2.45, 2.75) is 18.9 Å². The maximum atomic E-state index is 8.31. The number of hydrogen-bond donors (Lipinski definition) is 3. The predicted molar refractivity (Wildman–Crippen MR) is 117 cm³/mol. The van der Waals surface area contributed by atoms with Gasteiger partial charge in [-0.25, -0.2) is 4.98 Å². The summed E-state index contributed by atoms with van der Waals surface area (Å²) in [7, 11) is 1.69. The number of rotatable bonds is 5. The largest absolute Gasteiger partial charge is 0.496 e. The van der Waals surface area contributed by atoms with Gasteiger partial charge in [-0.15, -0.1) is 0 Å². The van der Waals surface area contributed by atoms with E-state index in [1.807, 2.05) is 42.7 Å². The fourth-order valence-corrected chi connectivity index (χ4v) is 3.62. The molecule has 0 radical (unpaired) electrons. The third-order valence-electron chi connectivity index (χ3n) is 5.34. The van der Waals surface area contributed by atoms with Gasteiger partial charge >= 0.3 is 0 Å². The van der Waals surface area contributed by atoms with Crippen LogP contribution >= 0.6 is 0 Å². The van der Waals surface area contributed by atoms with Crippen LogP contribution < -0.4 is 10.1 Å². The van der Waals surface area contributed by atoms with E-state index < -0.39 is 0 Å². The molecule has 1 aliphatic carbocycles. The van der Waals surface area contributed by atoms with Crippen LogP contribution in [-0.2, 0) is 0 Å². The topological polar surface area (TPSA) is 73.8 Å². The summed E-state index contributed by atoms with van der Waals surface area (Å²) in [6.07, 6.45) is 6.16. The van der Waals surface area contributed by atoms with Gasteiger partial charge in [-0.05, 0) is 36.6 Å². The molecule has 144 valence electrons. The second-order valence-electron chi connectivity index (χ2n) is 7.40. The molecule has 2 heterocycles. The number of hydrogen-bond acceptors (Lipinski definition) is 3. The summed E-state index contributed by atoms with van der Waals surface area (Å²) in [6, 6.07) is 18.7. The minimum absolute atomic E-state index is 0.465. The summed E-state index contributed by atoms with van der Waals surface area (Å²) in [5.74, 6) is 1.32. The van der Waals surface area contributed by atoms with Crippen molar-refractivity contribution in [3.8, 4) is 28.0 Å². The monoisotopic (exact) mass is 382 g/mol. The Morgan fingerprint density at radius 2 is 1.93 bits per heavy atom. The smallest absolute Gasteiger partial charge is 0.137 e. The molecule has 0 bridgehead atoms. The van der Waals surface area contributed by atoms with Crippen molar-refractivity contribution in [2.24, 2.45) is 0 Å². The van der Waals surface area contributed by atoms with Gasteiger partial charge in [-0.3, -0.25) is 5.41 Å². The Balaban J connectivity index is 1.56. The number of aromatic amines is 1. The normalized spacial score (nSPS) is 13.4. The summed E-state index contributed by atoms with van der Waals surface area (Å²) >= 11 is 0. The molecule has 0 aliphatic heterocycles. The van der Waals surface area contributed by atoms with Crippen LogP contribution in [0, 0.1) is 5.41 Å². The molecular weight excluding hydrogens is 360 g/mol. The van der Waals surface area contributed by atoms with Crippen LogP contribution in [-0.4, -0.2) is 29.0 Å². The maximum absolute atomic E-state index is 8.31. The van der Waals surface area contributed by atoms with E-state index >= 15 is 0 Å². The number of nitrogens with one attached hydrogen (secondary N) is 3. The molecule has 0 spiro atoms. The quantitative estimate of drug-likeness (QED) is 0.336. The third kappa shape index (κ3) is 3.36. The highest BCUT2D eigenvalue weighted by Gasteiger charge is 2.22. The van der Waals surface area contributed by atoms with Gasteiger partial charge in [-0.2, -0.15) is 0 Å². The molecule has 3 N–H and O–H groups in total. The molecule has 29 heavy (non-hydrogen) atoms. The number of nitrogens with zero attached hydrogens (tertiary/aromatic N) is 1. The lowest BCUT2D eigenvalue weighted by Crippen LogP contribution is -2.25. The average molecular weight is 382 g/mol. The zero-order valence-corrected chi connectivity index (χ0v) is 16.2. The molecule has 1 saturated carbocycles. The number of amidine groups is 1. The van der Waals surface area contributed by atoms with E-state index in [1.165, 1.54) is 0 Å². The number of methoxy groups -OCH3 is 1. The standard InChI is InChI=1S/C24H22N4O/c1-29-22-8-3-2-7-19(22)21-14-27-24-20(21)12-17(13-26-24)15-5-4-6-16(11-15)23(25)28-18-9-10-18/h2-8,11-14,18H,9-10H2,1H3,(H2,25,28)(H,26,27). The Kier molecular flexibility index (Phi) is 4.28. The Morgan fingerprint density at radius 3 is 2.76 bits per heavy atom. The van der Waals surface area contributed by atoms with Crippen LogP contribution in [0.25, 0.3) is 33.3 Å². The van der Waals surface area contributed by atoms with Gasteiger partial charge in [0, 0.05) is 46.1 Å². The molecule has 0 unspecified atom stereocenters. The number of para-hydroxylation sites is 1.